The van der Waals surface area contributed by atoms with Crippen LogP contribution in [0.15, 0.2) is 22.6 Å². The number of rotatable bonds is 3. The van der Waals surface area contributed by atoms with Gasteiger partial charge in [0, 0.05) is 18.7 Å². The lowest BCUT2D eigenvalue weighted by Gasteiger charge is -2.21. The van der Waals surface area contributed by atoms with Crippen molar-refractivity contribution >= 4 is 35.1 Å². The Morgan fingerprint density at radius 3 is 2.82 bits per heavy atom. The summed E-state index contributed by atoms with van der Waals surface area (Å²) in [6.45, 7) is 3.25. The van der Waals surface area contributed by atoms with Crippen LogP contribution < -0.4 is 5.32 Å². The molecule has 0 radical (unpaired) electrons. The van der Waals surface area contributed by atoms with Crippen molar-refractivity contribution in [2.45, 2.75) is 25.8 Å². The number of hydrogen-bond donors (Lipinski definition) is 2. The highest BCUT2D eigenvalue weighted by atomic mass is 32.1. The first kappa shape index (κ1) is 14.8. The van der Waals surface area contributed by atoms with Crippen molar-refractivity contribution in [3.63, 3.8) is 0 Å². The van der Waals surface area contributed by atoms with Crippen LogP contribution in [-0.4, -0.2) is 40.8 Å². The Hall–Kier alpha value is -2.15. The summed E-state index contributed by atoms with van der Waals surface area (Å²) >= 11 is 4.91. The van der Waals surface area contributed by atoms with Crippen LogP contribution in [0.3, 0.4) is 0 Å². The molecule has 7 heteroatoms. The third kappa shape index (κ3) is 2.89. The van der Waals surface area contributed by atoms with Gasteiger partial charge >= 0.3 is 0 Å². The van der Waals surface area contributed by atoms with Crippen molar-refractivity contribution in [1.29, 1.82) is 0 Å². The normalized spacial score (nSPS) is 16.0. The SMILES string of the molecule is C[C@@H](NC(=O)c1ccc2[nH]c(=S)oc2c1)C(=O)N1CCCC1. The van der Waals surface area contributed by atoms with E-state index >= 15 is 0 Å². The molecule has 1 fully saturated rings. The van der Waals surface area contributed by atoms with E-state index in [9.17, 15) is 9.59 Å². The van der Waals surface area contributed by atoms with Crippen LogP contribution in [0.25, 0.3) is 11.1 Å². The lowest BCUT2D eigenvalue weighted by molar-refractivity contribution is -0.131. The van der Waals surface area contributed by atoms with Gasteiger partial charge in [-0.2, -0.15) is 0 Å². The number of nitrogens with one attached hydrogen (secondary N) is 2. The second-order valence-electron chi connectivity index (χ2n) is 5.45. The maximum absolute atomic E-state index is 12.3. The largest absolute Gasteiger partial charge is 0.429 e. The quantitative estimate of drug-likeness (QED) is 0.851. The van der Waals surface area contributed by atoms with Crippen LogP contribution >= 0.6 is 12.2 Å². The zero-order valence-corrected chi connectivity index (χ0v) is 13.0. The summed E-state index contributed by atoms with van der Waals surface area (Å²) in [5, 5.41) is 2.74. The molecule has 0 bridgehead atoms. The molecule has 1 aliphatic heterocycles. The number of hydrogen-bond acceptors (Lipinski definition) is 4. The van der Waals surface area contributed by atoms with E-state index in [1.54, 1.807) is 30.0 Å². The molecule has 0 unspecified atom stereocenters. The second kappa shape index (κ2) is 5.92. The molecule has 2 amide bonds. The number of H-pyrrole nitrogens is 1. The van der Waals surface area contributed by atoms with Crippen molar-refractivity contribution < 1.29 is 14.0 Å². The Bertz CT molecular complexity index is 774. The molecule has 0 saturated carbocycles. The van der Waals surface area contributed by atoms with E-state index in [2.05, 4.69) is 10.3 Å². The summed E-state index contributed by atoms with van der Waals surface area (Å²) in [7, 11) is 0. The van der Waals surface area contributed by atoms with Crippen LogP contribution in [0.2, 0.25) is 0 Å². The molecule has 2 aromatic rings. The van der Waals surface area contributed by atoms with E-state index in [0.717, 1.165) is 31.4 Å². The molecule has 116 valence electrons. The number of nitrogens with zero attached hydrogens (tertiary/aromatic N) is 1. The third-order valence-corrected chi connectivity index (χ3v) is 4.00. The molecule has 0 aliphatic carbocycles. The van der Waals surface area contributed by atoms with E-state index < -0.39 is 6.04 Å². The van der Waals surface area contributed by atoms with E-state index in [1.165, 1.54) is 0 Å². The Balaban J connectivity index is 1.71. The topological polar surface area (TPSA) is 78.3 Å². The molecule has 0 spiro atoms. The highest BCUT2D eigenvalue weighted by Crippen LogP contribution is 2.16. The number of aromatic nitrogens is 1. The Morgan fingerprint density at radius 2 is 2.09 bits per heavy atom. The average molecular weight is 319 g/mol. The number of likely N-dealkylation sites (tertiary alicyclic amines) is 1. The number of oxazole rings is 1. The fourth-order valence-corrected chi connectivity index (χ4v) is 2.84. The monoisotopic (exact) mass is 319 g/mol. The van der Waals surface area contributed by atoms with Gasteiger partial charge in [-0.25, -0.2) is 0 Å². The van der Waals surface area contributed by atoms with E-state index in [-0.39, 0.29) is 16.7 Å². The lowest BCUT2D eigenvalue weighted by Crippen LogP contribution is -2.45. The summed E-state index contributed by atoms with van der Waals surface area (Å²) in [6.07, 6.45) is 2.06. The maximum Gasteiger partial charge on any atom is 0.266 e. The summed E-state index contributed by atoms with van der Waals surface area (Å²) in [5.41, 5.74) is 1.70. The van der Waals surface area contributed by atoms with Gasteiger partial charge in [0.2, 0.25) is 5.91 Å². The number of carbonyl (C=O) groups excluding carboxylic acids is 2. The predicted octanol–water partition coefficient (Wildman–Crippen LogP) is 2.23. The van der Waals surface area contributed by atoms with Crippen LogP contribution in [-0.2, 0) is 4.79 Å². The first-order valence-electron chi connectivity index (χ1n) is 7.27. The van der Waals surface area contributed by atoms with Crippen LogP contribution in [0.4, 0.5) is 0 Å². The molecule has 1 aromatic heterocycles. The molecule has 6 nitrogen and oxygen atoms in total. The van der Waals surface area contributed by atoms with Gasteiger partial charge in [-0.15, -0.1) is 0 Å². The lowest BCUT2D eigenvalue weighted by atomic mass is 10.1. The molecule has 22 heavy (non-hydrogen) atoms. The minimum absolute atomic E-state index is 0.0360. The molecular weight excluding hydrogens is 302 g/mol. The molecule has 1 saturated heterocycles. The molecular formula is C15H17N3O3S. The van der Waals surface area contributed by atoms with Gasteiger partial charge in [0.15, 0.2) is 5.58 Å². The number of benzene rings is 1. The third-order valence-electron chi connectivity index (χ3n) is 3.82. The van der Waals surface area contributed by atoms with Crippen LogP contribution in [0.5, 0.6) is 0 Å². The zero-order chi connectivity index (χ0) is 15.7. The molecule has 1 atom stereocenters. The summed E-state index contributed by atoms with van der Waals surface area (Å²) < 4.78 is 5.30. The van der Waals surface area contributed by atoms with Crippen molar-refractivity contribution in [3.8, 4) is 0 Å². The van der Waals surface area contributed by atoms with E-state index in [0.29, 0.717) is 11.1 Å². The zero-order valence-electron chi connectivity index (χ0n) is 12.2. The van der Waals surface area contributed by atoms with Crippen molar-refractivity contribution in [1.82, 2.24) is 15.2 Å². The Kier molecular flexibility index (Phi) is 3.98. The Labute approximate surface area is 132 Å². The standard InChI is InChI=1S/C15H17N3O3S/c1-9(14(20)18-6-2-3-7-18)16-13(19)10-4-5-11-12(8-10)21-15(22)17-11/h4-5,8-9H,2-3,6-7H2,1H3,(H,16,19)(H,17,22)/t9-/m1/s1. The number of aromatic amines is 1. The smallest absolute Gasteiger partial charge is 0.266 e. The fraction of sp³-hybridized carbons (Fsp3) is 0.400. The fourth-order valence-electron chi connectivity index (χ4n) is 2.64. The second-order valence-corrected chi connectivity index (χ2v) is 5.82. The molecule has 2 N–H and O–H groups in total. The van der Waals surface area contributed by atoms with Gasteiger partial charge in [-0.1, -0.05) is 0 Å². The number of carbonyl (C=O) groups is 2. The first-order chi connectivity index (χ1) is 10.5. The van der Waals surface area contributed by atoms with Gasteiger partial charge in [-0.3, -0.25) is 9.59 Å². The van der Waals surface area contributed by atoms with Gasteiger partial charge in [-0.05, 0) is 50.2 Å². The molecule has 2 heterocycles. The van der Waals surface area contributed by atoms with Gasteiger partial charge in [0.1, 0.15) is 6.04 Å². The molecule has 3 rings (SSSR count). The summed E-state index contributed by atoms with van der Waals surface area (Å²) in [4.78, 5) is 29.4. The number of fused-ring (bicyclic) bond motifs is 1. The predicted molar refractivity (Wildman–Crippen MR) is 84.1 cm³/mol. The maximum atomic E-state index is 12.3. The number of amides is 2. The molecule has 1 aliphatic rings. The van der Waals surface area contributed by atoms with Crippen molar-refractivity contribution in [2.75, 3.05) is 13.1 Å². The van der Waals surface area contributed by atoms with Crippen LogP contribution in [0.1, 0.15) is 30.1 Å². The van der Waals surface area contributed by atoms with Gasteiger partial charge < -0.3 is 19.6 Å². The first-order valence-corrected chi connectivity index (χ1v) is 7.68. The Morgan fingerprint density at radius 1 is 1.36 bits per heavy atom. The minimum atomic E-state index is -0.543. The van der Waals surface area contributed by atoms with Gasteiger partial charge in [0.25, 0.3) is 10.7 Å². The summed E-state index contributed by atoms with van der Waals surface area (Å²) in [6, 6.07) is 4.48. The van der Waals surface area contributed by atoms with Crippen LogP contribution in [0, 0.1) is 4.84 Å². The van der Waals surface area contributed by atoms with Crippen molar-refractivity contribution in [3.05, 3.63) is 28.6 Å². The molecule has 1 aromatic carbocycles. The average Bonchev–Trinajstić information content (AvgIpc) is 3.13. The highest BCUT2D eigenvalue weighted by molar-refractivity contribution is 7.71. The minimum Gasteiger partial charge on any atom is -0.429 e. The van der Waals surface area contributed by atoms with Gasteiger partial charge in [0.05, 0.1) is 5.52 Å². The highest BCUT2D eigenvalue weighted by Gasteiger charge is 2.24. The van der Waals surface area contributed by atoms with Crippen molar-refractivity contribution in [2.24, 2.45) is 0 Å². The van der Waals surface area contributed by atoms with E-state index in [1.807, 2.05) is 0 Å². The summed E-state index contributed by atoms with van der Waals surface area (Å²) in [5.74, 6) is -0.338. The van der Waals surface area contributed by atoms with E-state index in [4.69, 9.17) is 16.6 Å².